The summed E-state index contributed by atoms with van der Waals surface area (Å²) in [7, 11) is -1.64. The fraction of sp³-hybridized carbons (Fsp3) is 0.444. The van der Waals surface area contributed by atoms with Crippen LogP contribution in [-0.2, 0) is 14.8 Å². The number of rotatable bonds is 6. The molecule has 1 aliphatic heterocycles. The van der Waals surface area contributed by atoms with Crippen molar-refractivity contribution in [3.8, 4) is 11.8 Å². The van der Waals surface area contributed by atoms with E-state index in [-0.39, 0.29) is 11.6 Å². The minimum Gasteiger partial charge on any atom is -0.497 e. The van der Waals surface area contributed by atoms with Gasteiger partial charge in [0.2, 0.25) is 10.0 Å². The number of hydrogen-bond donors (Lipinski definition) is 1. The molecule has 1 aromatic rings. The molecule has 1 saturated heterocycles. The Kier molecular flexibility index (Phi) is 6.82. The van der Waals surface area contributed by atoms with Gasteiger partial charge in [-0.3, -0.25) is 4.79 Å². The van der Waals surface area contributed by atoms with Gasteiger partial charge in [-0.25, -0.2) is 8.42 Å². The van der Waals surface area contributed by atoms with Crippen LogP contribution in [0.4, 0.5) is 0 Å². The second-order valence-electron chi connectivity index (χ2n) is 6.32. The zero-order valence-corrected chi connectivity index (χ0v) is 16.5. The van der Waals surface area contributed by atoms with Gasteiger partial charge < -0.3 is 15.0 Å². The van der Waals surface area contributed by atoms with Gasteiger partial charge in [-0.1, -0.05) is 12.1 Å². The van der Waals surface area contributed by atoms with Crippen molar-refractivity contribution in [2.24, 2.45) is 0 Å². The third-order valence-electron chi connectivity index (χ3n) is 4.38. The lowest BCUT2D eigenvalue weighted by Gasteiger charge is -2.32. The average Bonchev–Trinajstić information content (AvgIpc) is 2.65. The summed E-state index contributed by atoms with van der Waals surface area (Å²) in [5.41, 5.74) is 0.881. The molecule has 1 unspecified atom stereocenters. The number of sulfonamides is 1. The summed E-state index contributed by atoms with van der Waals surface area (Å²) >= 11 is 0. The third-order valence-corrected chi connectivity index (χ3v) is 5.69. The molecule has 1 aliphatic rings. The van der Waals surface area contributed by atoms with Crippen LogP contribution in [0.1, 0.15) is 18.5 Å². The molecule has 146 valence electrons. The van der Waals surface area contributed by atoms with E-state index >= 15 is 0 Å². The van der Waals surface area contributed by atoms with E-state index in [1.165, 1.54) is 16.8 Å². The van der Waals surface area contributed by atoms with Gasteiger partial charge in [-0.15, -0.1) is 0 Å². The minimum atomic E-state index is -3.22. The smallest absolute Gasteiger partial charge is 0.263 e. The first-order valence-electron chi connectivity index (χ1n) is 8.50. The Hall–Kier alpha value is -2.57. The van der Waals surface area contributed by atoms with E-state index in [1.807, 2.05) is 25.1 Å². The van der Waals surface area contributed by atoms with E-state index < -0.39 is 15.9 Å². The third kappa shape index (κ3) is 5.70. The Morgan fingerprint density at radius 1 is 1.26 bits per heavy atom. The van der Waals surface area contributed by atoms with Gasteiger partial charge in [0.25, 0.3) is 5.91 Å². The second-order valence-corrected chi connectivity index (χ2v) is 8.30. The highest BCUT2D eigenvalue weighted by Gasteiger charge is 2.23. The number of amides is 1. The highest BCUT2D eigenvalue weighted by molar-refractivity contribution is 7.88. The molecule has 1 amide bonds. The number of ether oxygens (including phenoxy) is 1. The number of piperazine rings is 1. The summed E-state index contributed by atoms with van der Waals surface area (Å²) in [6, 6.07) is 8.96. The minimum absolute atomic E-state index is 0.0110. The van der Waals surface area contributed by atoms with E-state index in [9.17, 15) is 18.5 Å². The van der Waals surface area contributed by atoms with Crippen LogP contribution < -0.4 is 10.1 Å². The summed E-state index contributed by atoms with van der Waals surface area (Å²) in [6.07, 6.45) is 2.67. The molecule has 27 heavy (non-hydrogen) atoms. The zero-order valence-electron chi connectivity index (χ0n) is 15.7. The van der Waals surface area contributed by atoms with Gasteiger partial charge in [-0.2, -0.15) is 9.57 Å². The first-order chi connectivity index (χ1) is 12.7. The standard InChI is InChI=1S/C18H24N4O4S/c1-14(15-4-6-17(26-2)7-5-15)20-18(23)16(12-19)13-21-8-10-22(11-9-21)27(3,24)25/h4-7,13-14H,8-11H2,1-3H3,(H,20,23)/b16-13-. The zero-order chi connectivity index (χ0) is 20.0. The Labute approximate surface area is 160 Å². The number of nitriles is 1. The average molecular weight is 392 g/mol. The fourth-order valence-corrected chi connectivity index (χ4v) is 3.56. The molecule has 1 fully saturated rings. The molecule has 1 atom stereocenters. The maximum absolute atomic E-state index is 12.4. The first-order valence-corrected chi connectivity index (χ1v) is 10.4. The highest BCUT2D eigenvalue weighted by Crippen LogP contribution is 2.17. The quantitative estimate of drug-likeness (QED) is 0.569. The summed E-state index contributed by atoms with van der Waals surface area (Å²) in [5.74, 6) is 0.259. The normalized spacial score (nSPS) is 17.1. The fourth-order valence-electron chi connectivity index (χ4n) is 2.74. The molecule has 8 nitrogen and oxygen atoms in total. The van der Waals surface area contributed by atoms with Gasteiger partial charge >= 0.3 is 0 Å². The summed E-state index contributed by atoms with van der Waals surface area (Å²) < 4.78 is 29.6. The number of benzene rings is 1. The number of nitrogens with zero attached hydrogens (tertiary/aromatic N) is 3. The molecular weight excluding hydrogens is 368 g/mol. The van der Waals surface area contributed by atoms with Crippen molar-refractivity contribution in [3.05, 3.63) is 41.6 Å². The Bertz CT molecular complexity index is 835. The molecule has 2 rings (SSSR count). The van der Waals surface area contributed by atoms with Crippen molar-refractivity contribution < 1.29 is 17.9 Å². The summed E-state index contributed by atoms with van der Waals surface area (Å²) in [6.45, 7) is 3.36. The van der Waals surface area contributed by atoms with Crippen LogP contribution in [-0.4, -0.2) is 63.1 Å². The molecule has 0 radical (unpaired) electrons. The number of hydrogen-bond acceptors (Lipinski definition) is 6. The number of methoxy groups -OCH3 is 1. The van der Waals surface area contributed by atoms with Gasteiger partial charge in [0, 0.05) is 32.4 Å². The lowest BCUT2D eigenvalue weighted by atomic mass is 10.1. The predicted molar refractivity (Wildman–Crippen MR) is 101 cm³/mol. The van der Waals surface area contributed by atoms with Crippen LogP contribution in [0.5, 0.6) is 5.75 Å². The Morgan fingerprint density at radius 2 is 1.85 bits per heavy atom. The Balaban J connectivity index is 1.99. The van der Waals surface area contributed by atoms with Crippen LogP contribution in [0.25, 0.3) is 0 Å². The molecule has 0 spiro atoms. The Morgan fingerprint density at radius 3 is 2.33 bits per heavy atom. The molecule has 1 heterocycles. The van der Waals surface area contributed by atoms with Gasteiger partial charge in [0.05, 0.1) is 19.4 Å². The predicted octanol–water partition coefficient (Wildman–Crippen LogP) is 0.857. The highest BCUT2D eigenvalue weighted by atomic mass is 32.2. The molecule has 9 heteroatoms. The summed E-state index contributed by atoms with van der Waals surface area (Å²) in [4.78, 5) is 14.2. The van der Waals surface area contributed by atoms with Crippen LogP contribution in [0, 0.1) is 11.3 Å². The molecule has 1 aromatic carbocycles. The van der Waals surface area contributed by atoms with E-state index in [2.05, 4.69) is 5.32 Å². The van der Waals surface area contributed by atoms with E-state index in [1.54, 1.807) is 24.1 Å². The molecule has 0 aliphatic carbocycles. The van der Waals surface area contributed by atoms with Crippen molar-refractivity contribution in [1.82, 2.24) is 14.5 Å². The number of nitrogens with one attached hydrogen (secondary N) is 1. The van der Waals surface area contributed by atoms with Crippen molar-refractivity contribution in [2.75, 3.05) is 39.5 Å². The van der Waals surface area contributed by atoms with Crippen molar-refractivity contribution in [3.63, 3.8) is 0 Å². The van der Waals surface area contributed by atoms with Crippen molar-refractivity contribution >= 4 is 15.9 Å². The van der Waals surface area contributed by atoms with E-state index in [0.717, 1.165) is 11.3 Å². The van der Waals surface area contributed by atoms with Crippen LogP contribution in [0.3, 0.4) is 0 Å². The maximum atomic E-state index is 12.4. The van der Waals surface area contributed by atoms with E-state index in [0.29, 0.717) is 26.2 Å². The van der Waals surface area contributed by atoms with Crippen LogP contribution >= 0.6 is 0 Å². The van der Waals surface area contributed by atoms with Crippen LogP contribution in [0.15, 0.2) is 36.0 Å². The maximum Gasteiger partial charge on any atom is 0.263 e. The SMILES string of the molecule is COc1ccc(C(C)NC(=O)/C(C#N)=C\N2CCN(S(C)(=O)=O)CC2)cc1. The molecule has 0 aromatic heterocycles. The summed E-state index contributed by atoms with van der Waals surface area (Å²) in [5, 5.41) is 12.1. The number of carbonyl (C=O) groups is 1. The number of carbonyl (C=O) groups excluding carboxylic acids is 1. The lowest BCUT2D eigenvalue weighted by Crippen LogP contribution is -2.46. The monoisotopic (exact) mass is 392 g/mol. The largest absolute Gasteiger partial charge is 0.497 e. The van der Waals surface area contributed by atoms with Gasteiger partial charge in [-0.05, 0) is 24.6 Å². The topological polar surface area (TPSA) is 103 Å². The molecule has 0 bridgehead atoms. The van der Waals surface area contributed by atoms with Crippen molar-refractivity contribution in [2.45, 2.75) is 13.0 Å². The first kappa shape index (κ1) is 20.7. The van der Waals surface area contributed by atoms with Gasteiger partial charge in [0.15, 0.2) is 0 Å². The second kappa shape index (κ2) is 8.88. The van der Waals surface area contributed by atoms with Crippen molar-refractivity contribution in [1.29, 1.82) is 5.26 Å². The molecular formula is C18H24N4O4S. The van der Waals surface area contributed by atoms with Gasteiger partial charge in [0.1, 0.15) is 17.4 Å². The molecule has 1 N–H and O–H groups in total. The lowest BCUT2D eigenvalue weighted by molar-refractivity contribution is -0.117. The molecule has 0 saturated carbocycles. The van der Waals surface area contributed by atoms with E-state index in [4.69, 9.17) is 4.74 Å². The van der Waals surface area contributed by atoms with Crippen LogP contribution in [0.2, 0.25) is 0 Å².